The van der Waals surface area contributed by atoms with Gasteiger partial charge in [0.2, 0.25) is 11.6 Å². The average molecular weight is 282 g/mol. The van der Waals surface area contributed by atoms with Gasteiger partial charge in [0.05, 0.1) is 24.0 Å². The number of methoxy groups -OCH3 is 2. The molecule has 0 saturated carbocycles. The van der Waals surface area contributed by atoms with Crippen molar-refractivity contribution in [3.8, 4) is 10.1 Å². The Hall–Kier alpha value is -1.66. The second kappa shape index (κ2) is 5.32. The standard InChI is InChI=1S/C12H10O4S2/c1-15-9-5-3-7(17-9)11(13)12(14)8-4-6-10(16-2)18-8/h3-6H,1-2H3. The highest BCUT2D eigenvalue weighted by Crippen LogP contribution is 2.28. The molecule has 2 rings (SSSR count). The van der Waals surface area contributed by atoms with Crippen LogP contribution in [0.5, 0.6) is 10.1 Å². The van der Waals surface area contributed by atoms with Crippen LogP contribution < -0.4 is 9.47 Å². The first kappa shape index (κ1) is 12.8. The van der Waals surface area contributed by atoms with Gasteiger partial charge in [-0.2, -0.15) is 0 Å². The zero-order valence-electron chi connectivity index (χ0n) is 9.76. The summed E-state index contributed by atoms with van der Waals surface area (Å²) < 4.78 is 9.98. The molecule has 4 nitrogen and oxygen atoms in total. The summed E-state index contributed by atoms with van der Waals surface area (Å²) in [6, 6.07) is 6.52. The van der Waals surface area contributed by atoms with Crippen LogP contribution >= 0.6 is 22.7 Å². The molecule has 6 heteroatoms. The van der Waals surface area contributed by atoms with Gasteiger partial charge in [-0.3, -0.25) is 9.59 Å². The molecule has 0 bridgehead atoms. The number of Topliss-reactive ketones (excluding diaryl/α,β-unsaturated/α-hetero) is 2. The fourth-order valence-electron chi connectivity index (χ4n) is 1.33. The first-order valence-electron chi connectivity index (χ1n) is 5.02. The molecule has 0 radical (unpaired) electrons. The summed E-state index contributed by atoms with van der Waals surface area (Å²) in [6.45, 7) is 0. The summed E-state index contributed by atoms with van der Waals surface area (Å²) in [5.41, 5.74) is 0. The summed E-state index contributed by atoms with van der Waals surface area (Å²) in [5, 5.41) is 1.21. The highest BCUT2D eigenvalue weighted by molar-refractivity contribution is 7.19. The van der Waals surface area contributed by atoms with Crippen molar-refractivity contribution in [2.75, 3.05) is 14.2 Å². The predicted octanol–water partition coefficient (Wildman–Crippen LogP) is 2.89. The Morgan fingerprint density at radius 3 is 1.50 bits per heavy atom. The van der Waals surface area contributed by atoms with Crippen LogP contribution in [0.2, 0.25) is 0 Å². The number of rotatable bonds is 5. The van der Waals surface area contributed by atoms with Crippen molar-refractivity contribution in [3.63, 3.8) is 0 Å². The molecule has 2 aromatic rings. The van der Waals surface area contributed by atoms with Gasteiger partial charge in [0.15, 0.2) is 10.1 Å². The van der Waals surface area contributed by atoms with Gasteiger partial charge in [-0.15, -0.1) is 0 Å². The third-order valence-corrected chi connectivity index (χ3v) is 4.31. The maximum Gasteiger partial charge on any atom is 0.244 e. The molecule has 0 N–H and O–H groups in total. The number of thiophene rings is 2. The van der Waals surface area contributed by atoms with Gasteiger partial charge in [-0.05, 0) is 24.3 Å². The average Bonchev–Trinajstić information content (AvgIpc) is 3.05. The monoisotopic (exact) mass is 282 g/mol. The molecule has 0 saturated heterocycles. The van der Waals surface area contributed by atoms with E-state index >= 15 is 0 Å². The molecule has 0 amide bonds. The third kappa shape index (κ3) is 2.44. The minimum atomic E-state index is -0.521. The van der Waals surface area contributed by atoms with E-state index in [1.807, 2.05) is 0 Å². The Labute approximate surface area is 112 Å². The lowest BCUT2D eigenvalue weighted by atomic mass is 10.2. The van der Waals surface area contributed by atoms with E-state index in [0.717, 1.165) is 22.7 Å². The molecule has 94 valence electrons. The van der Waals surface area contributed by atoms with Crippen LogP contribution in [0, 0.1) is 0 Å². The highest BCUT2D eigenvalue weighted by atomic mass is 32.1. The Morgan fingerprint density at radius 1 is 0.833 bits per heavy atom. The van der Waals surface area contributed by atoms with Gasteiger partial charge in [0, 0.05) is 0 Å². The Kier molecular flexibility index (Phi) is 3.78. The molecule has 0 unspecified atom stereocenters. The van der Waals surface area contributed by atoms with Crippen LogP contribution in [0.4, 0.5) is 0 Å². The summed E-state index contributed by atoms with van der Waals surface area (Å²) in [4.78, 5) is 24.6. The predicted molar refractivity (Wildman–Crippen MR) is 70.4 cm³/mol. The van der Waals surface area contributed by atoms with Crippen LogP contribution in [0.25, 0.3) is 0 Å². The van der Waals surface area contributed by atoms with E-state index in [9.17, 15) is 9.59 Å². The normalized spacial score (nSPS) is 10.1. The van der Waals surface area contributed by atoms with Gasteiger partial charge >= 0.3 is 0 Å². The van der Waals surface area contributed by atoms with Crippen molar-refractivity contribution in [2.24, 2.45) is 0 Å². The molecule has 18 heavy (non-hydrogen) atoms. The van der Waals surface area contributed by atoms with Gasteiger partial charge < -0.3 is 9.47 Å². The van der Waals surface area contributed by atoms with Gasteiger partial charge in [0.25, 0.3) is 0 Å². The summed E-state index contributed by atoms with van der Waals surface area (Å²) in [6.07, 6.45) is 0. The first-order chi connectivity index (χ1) is 8.65. The first-order valence-corrected chi connectivity index (χ1v) is 6.65. The maximum absolute atomic E-state index is 11.9. The van der Waals surface area contributed by atoms with Crippen LogP contribution in [0.15, 0.2) is 24.3 Å². The number of carbonyl (C=O) groups excluding carboxylic acids is 2. The largest absolute Gasteiger partial charge is 0.487 e. The molecule has 0 aliphatic rings. The summed E-state index contributed by atoms with van der Waals surface area (Å²) in [5.74, 6) is -1.04. The van der Waals surface area contributed by atoms with E-state index in [4.69, 9.17) is 9.47 Å². The van der Waals surface area contributed by atoms with Crippen molar-refractivity contribution >= 4 is 34.2 Å². The molecule has 2 aromatic heterocycles. The topological polar surface area (TPSA) is 52.6 Å². The van der Waals surface area contributed by atoms with E-state index in [0.29, 0.717) is 19.9 Å². The van der Waals surface area contributed by atoms with Crippen LogP contribution in [-0.4, -0.2) is 25.8 Å². The molecule has 0 aromatic carbocycles. The number of hydrogen-bond donors (Lipinski definition) is 0. The van der Waals surface area contributed by atoms with Crippen LogP contribution in [-0.2, 0) is 0 Å². The minimum Gasteiger partial charge on any atom is -0.487 e. The Bertz CT molecular complexity index is 530. The molecule has 0 fully saturated rings. The SMILES string of the molecule is COc1ccc(C(=O)C(=O)c2ccc(OC)s2)s1. The second-order valence-corrected chi connectivity index (χ2v) is 5.40. The summed E-state index contributed by atoms with van der Waals surface area (Å²) in [7, 11) is 3.04. The highest BCUT2D eigenvalue weighted by Gasteiger charge is 2.22. The van der Waals surface area contributed by atoms with Crippen LogP contribution in [0.1, 0.15) is 19.3 Å². The molecule has 0 spiro atoms. The lowest BCUT2D eigenvalue weighted by Gasteiger charge is -1.94. The van der Waals surface area contributed by atoms with Crippen LogP contribution in [0.3, 0.4) is 0 Å². The summed E-state index contributed by atoms with van der Waals surface area (Å²) >= 11 is 2.31. The van der Waals surface area contributed by atoms with E-state index in [1.54, 1.807) is 24.3 Å². The maximum atomic E-state index is 11.9. The molecule has 0 atom stereocenters. The van der Waals surface area contributed by atoms with E-state index in [-0.39, 0.29) is 0 Å². The van der Waals surface area contributed by atoms with E-state index < -0.39 is 11.6 Å². The number of ketones is 2. The fourth-order valence-corrected chi connectivity index (χ4v) is 2.84. The zero-order valence-corrected chi connectivity index (χ0v) is 11.4. The Morgan fingerprint density at radius 2 is 1.22 bits per heavy atom. The smallest absolute Gasteiger partial charge is 0.244 e. The molecule has 0 aliphatic carbocycles. The number of hydrogen-bond acceptors (Lipinski definition) is 6. The van der Waals surface area contributed by atoms with Crippen molar-refractivity contribution in [3.05, 3.63) is 34.0 Å². The molecular weight excluding hydrogens is 272 g/mol. The van der Waals surface area contributed by atoms with Gasteiger partial charge in [-0.1, -0.05) is 22.7 Å². The second-order valence-electron chi connectivity index (χ2n) is 3.30. The third-order valence-electron chi connectivity index (χ3n) is 2.22. The van der Waals surface area contributed by atoms with Gasteiger partial charge in [0.1, 0.15) is 0 Å². The van der Waals surface area contributed by atoms with Crippen molar-refractivity contribution in [2.45, 2.75) is 0 Å². The fraction of sp³-hybridized carbons (Fsp3) is 0.167. The van der Waals surface area contributed by atoms with E-state index in [2.05, 4.69) is 0 Å². The number of ether oxygens (including phenoxy) is 2. The van der Waals surface area contributed by atoms with Crippen molar-refractivity contribution in [1.82, 2.24) is 0 Å². The molecule has 2 heterocycles. The minimum absolute atomic E-state index is 0.379. The Balaban J connectivity index is 2.20. The zero-order chi connectivity index (χ0) is 13.1. The lowest BCUT2D eigenvalue weighted by molar-refractivity contribution is 0.0821. The van der Waals surface area contributed by atoms with Gasteiger partial charge in [-0.25, -0.2) is 0 Å². The van der Waals surface area contributed by atoms with Crippen molar-refractivity contribution < 1.29 is 19.1 Å². The number of carbonyl (C=O) groups is 2. The quantitative estimate of drug-likeness (QED) is 0.625. The van der Waals surface area contributed by atoms with Crippen molar-refractivity contribution in [1.29, 1.82) is 0 Å². The molecule has 0 aliphatic heterocycles. The lowest BCUT2D eigenvalue weighted by Crippen LogP contribution is -2.11. The van der Waals surface area contributed by atoms with E-state index in [1.165, 1.54) is 14.2 Å². The molecular formula is C12H10O4S2.